The Morgan fingerprint density at radius 2 is 1.70 bits per heavy atom. The molecule has 3 aromatic rings. The summed E-state index contributed by atoms with van der Waals surface area (Å²) in [4.78, 5) is 10.9. The fourth-order valence-electron chi connectivity index (χ4n) is 3.67. The van der Waals surface area contributed by atoms with Gasteiger partial charge in [-0.3, -0.25) is 4.90 Å². The quantitative estimate of drug-likeness (QED) is 0.772. The van der Waals surface area contributed by atoms with E-state index < -0.39 is 0 Å². The highest BCUT2D eigenvalue weighted by Crippen LogP contribution is 2.31. The van der Waals surface area contributed by atoms with Crippen LogP contribution >= 0.6 is 0 Å². The molecular weight excluding hydrogens is 282 g/mol. The summed E-state index contributed by atoms with van der Waals surface area (Å²) < 4.78 is 0. The molecular formula is C20H23N3. The molecule has 1 atom stereocenters. The molecule has 0 bridgehead atoms. The number of benzene rings is 2. The number of hydrogen-bond acceptors (Lipinski definition) is 2. The molecule has 0 saturated carbocycles. The van der Waals surface area contributed by atoms with Crippen LogP contribution in [0.4, 0.5) is 0 Å². The Hall–Kier alpha value is -2.13. The first-order valence-corrected chi connectivity index (χ1v) is 8.55. The lowest BCUT2D eigenvalue weighted by molar-refractivity contribution is 0.160. The minimum Gasteiger partial charge on any atom is -0.342 e. The third-order valence-electron chi connectivity index (χ3n) is 5.15. The summed E-state index contributed by atoms with van der Waals surface area (Å²) in [5.41, 5.74) is 3.65. The van der Waals surface area contributed by atoms with E-state index >= 15 is 0 Å². The molecule has 1 aromatic heterocycles. The van der Waals surface area contributed by atoms with Gasteiger partial charge in [-0.15, -0.1) is 0 Å². The number of fused-ring (bicyclic) bond motifs is 1. The van der Waals surface area contributed by atoms with Crippen molar-refractivity contribution in [3.05, 3.63) is 66.0 Å². The highest BCUT2D eigenvalue weighted by atomic mass is 15.2. The van der Waals surface area contributed by atoms with Crippen LogP contribution < -0.4 is 0 Å². The molecule has 0 radical (unpaired) electrons. The van der Waals surface area contributed by atoms with Crippen molar-refractivity contribution < 1.29 is 0 Å². The number of aromatic nitrogens is 2. The van der Waals surface area contributed by atoms with Crippen LogP contribution in [0.25, 0.3) is 11.0 Å². The van der Waals surface area contributed by atoms with Crippen LogP contribution in [0.1, 0.15) is 43.1 Å². The number of likely N-dealkylation sites (tertiary alicyclic amines) is 1. The first kappa shape index (κ1) is 14.5. The summed E-state index contributed by atoms with van der Waals surface area (Å²) in [6, 6.07) is 19.6. The average molecular weight is 305 g/mol. The summed E-state index contributed by atoms with van der Waals surface area (Å²) >= 11 is 0. The number of hydrogen-bond donors (Lipinski definition) is 1. The highest BCUT2D eigenvalue weighted by molar-refractivity contribution is 5.74. The molecule has 3 heteroatoms. The van der Waals surface area contributed by atoms with Crippen LogP contribution in [0.5, 0.6) is 0 Å². The number of rotatable bonds is 3. The van der Waals surface area contributed by atoms with Gasteiger partial charge in [0, 0.05) is 12.0 Å². The number of nitrogens with zero attached hydrogens (tertiary/aromatic N) is 2. The summed E-state index contributed by atoms with van der Waals surface area (Å²) in [5.74, 6) is 1.72. The summed E-state index contributed by atoms with van der Waals surface area (Å²) in [6.07, 6.45) is 2.36. The van der Waals surface area contributed by atoms with Crippen molar-refractivity contribution >= 4 is 11.0 Å². The maximum Gasteiger partial charge on any atom is 0.110 e. The molecule has 4 rings (SSSR count). The van der Waals surface area contributed by atoms with E-state index in [4.69, 9.17) is 4.98 Å². The number of nitrogens with one attached hydrogen (secondary N) is 1. The first-order chi connectivity index (χ1) is 11.3. The van der Waals surface area contributed by atoms with Crippen molar-refractivity contribution in [1.82, 2.24) is 14.9 Å². The van der Waals surface area contributed by atoms with Crippen LogP contribution in [0.15, 0.2) is 54.6 Å². The van der Waals surface area contributed by atoms with Crippen molar-refractivity contribution in [3.8, 4) is 0 Å². The van der Waals surface area contributed by atoms with Gasteiger partial charge >= 0.3 is 0 Å². The zero-order valence-electron chi connectivity index (χ0n) is 13.6. The normalized spacial score (nSPS) is 18.3. The van der Waals surface area contributed by atoms with Crippen LogP contribution in [0.2, 0.25) is 0 Å². The van der Waals surface area contributed by atoms with Gasteiger partial charge in [0.15, 0.2) is 0 Å². The van der Waals surface area contributed by atoms with Gasteiger partial charge in [0.1, 0.15) is 5.82 Å². The summed E-state index contributed by atoms with van der Waals surface area (Å²) in [6.45, 7) is 4.59. The predicted octanol–water partition coefficient (Wildman–Crippen LogP) is 4.50. The molecule has 0 spiro atoms. The highest BCUT2D eigenvalue weighted by Gasteiger charge is 2.26. The number of piperidine rings is 1. The zero-order chi connectivity index (χ0) is 15.6. The maximum absolute atomic E-state index is 4.79. The molecule has 3 nitrogen and oxygen atoms in total. The number of imidazole rings is 1. The van der Waals surface area contributed by atoms with E-state index in [0.717, 1.165) is 24.1 Å². The van der Waals surface area contributed by atoms with Gasteiger partial charge in [-0.2, -0.15) is 0 Å². The monoisotopic (exact) mass is 305 g/mol. The SMILES string of the molecule is CC(c1ccccc1)N1CCC(c2nc3ccccc3[nH]2)CC1. The molecule has 1 aliphatic heterocycles. The van der Waals surface area contributed by atoms with Crippen molar-refractivity contribution in [2.45, 2.75) is 31.7 Å². The van der Waals surface area contributed by atoms with Gasteiger partial charge in [0.25, 0.3) is 0 Å². The molecule has 1 aliphatic rings. The van der Waals surface area contributed by atoms with Crippen molar-refractivity contribution in [3.63, 3.8) is 0 Å². The molecule has 0 aliphatic carbocycles. The van der Waals surface area contributed by atoms with Gasteiger partial charge in [0.2, 0.25) is 0 Å². The Bertz CT molecular complexity index is 737. The van der Waals surface area contributed by atoms with E-state index in [1.54, 1.807) is 0 Å². The van der Waals surface area contributed by atoms with Crippen molar-refractivity contribution in [2.24, 2.45) is 0 Å². The van der Waals surface area contributed by atoms with E-state index in [9.17, 15) is 0 Å². The predicted molar refractivity (Wildman–Crippen MR) is 94.5 cm³/mol. The Kier molecular flexibility index (Phi) is 3.88. The minimum absolute atomic E-state index is 0.493. The topological polar surface area (TPSA) is 31.9 Å². The molecule has 118 valence electrons. The van der Waals surface area contributed by atoms with Crippen LogP contribution in [-0.4, -0.2) is 28.0 Å². The van der Waals surface area contributed by atoms with Gasteiger partial charge in [-0.05, 0) is 50.6 Å². The smallest absolute Gasteiger partial charge is 0.110 e. The molecule has 1 unspecified atom stereocenters. The molecule has 1 saturated heterocycles. The number of aromatic amines is 1. The van der Waals surface area contributed by atoms with Crippen molar-refractivity contribution in [1.29, 1.82) is 0 Å². The van der Waals surface area contributed by atoms with E-state index in [1.165, 1.54) is 24.2 Å². The average Bonchev–Trinajstić information content (AvgIpc) is 3.06. The van der Waals surface area contributed by atoms with Crippen LogP contribution in [0.3, 0.4) is 0 Å². The van der Waals surface area contributed by atoms with Crippen LogP contribution in [-0.2, 0) is 0 Å². The molecule has 1 N–H and O–H groups in total. The number of para-hydroxylation sites is 2. The van der Waals surface area contributed by atoms with E-state index in [2.05, 4.69) is 71.4 Å². The standard InChI is InChI=1S/C20H23N3/c1-15(16-7-3-2-4-8-16)23-13-11-17(12-14-23)20-21-18-9-5-6-10-19(18)22-20/h2-10,15,17H,11-14H2,1H3,(H,21,22). The Morgan fingerprint density at radius 3 is 2.43 bits per heavy atom. The van der Waals surface area contributed by atoms with E-state index in [0.29, 0.717) is 12.0 Å². The molecule has 0 amide bonds. The van der Waals surface area contributed by atoms with E-state index in [-0.39, 0.29) is 0 Å². The molecule has 1 fully saturated rings. The third kappa shape index (κ3) is 2.89. The lowest BCUT2D eigenvalue weighted by atomic mass is 9.94. The Morgan fingerprint density at radius 1 is 1.00 bits per heavy atom. The fourth-order valence-corrected chi connectivity index (χ4v) is 3.67. The largest absolute Gasteiger partial charge is 0.342 e. The summed E-state index contributed by atoms with van der Waals surface area (Å²) in [7, 11) is 0. The maximum atomic E-state index is 4.79. The second-order valence-corrected chi connectivity index (χ2v) is 6.54. The first-order valence-electron chi connectivity index (χ1n) is 8.55. The zero-order valence-corrected chi connectivity index (χ0v) is 13.6. The van der Waals surface area contributed by atoms with Crippen molar-refractivity contribution in [2.75, 3.05) is 13.1 Å². The van der Waals surface area contributed by atoms with Gasteiger partial charge in [-0.25, -0.2) is 4.98 Å². The van der Waals surface area contributed by atoms with Gasteiger partial charge in [0.05, 0.1) is 11.0 Å². The Labute approximate surface area is 137 Å². The second-order valence-electron chi connectivity index (χ2n) is 6.54. The fraction of sp³-hybridized carbons (Fsp3) is 0.350. The van der Waals surface area contributed by atoms with Crippen LogP contribution in [0, 0.1) is 0 Å². The molecule has 2 aromatic carbocycles. The van der Waals surface area contributed by atoms with Gasteiger partial charge < -0.3 is 4.98 Å². The lowest BCUT2D eigenvalue weighted by Crippen LogP contribution is -2.35. The third-order valence-corrected chi connectivity index (χ3v) is 5.15. The van der Waals surface area contributed by atoms with Gasteiger partial charge in [-0.1, -0.05) is 42.5 Å². The van der Waals surface area contributed by atoms with E-state index in [1.807, 2.05) is 0 Å². The second kappa shape index (κ2) is 6.17. The Balaban J connectivity index is 1.44. The molecule has 23 heavy (non-hydrogen) atoms. The summed E-state index contributed by atoms with van der Waals surface area (Å²) in [5, 5.41) is 0. The number of H-pyrrole nitrogens is 1. The lowest BCUT2D eigenvalue weighted by Gasteiger charge is -2.35. The molecule has 2 heterocycles. The minimum atomic E-state index is 0.493.